The van der Waals surface area contributed by atoms with E-state index in [9.17, 15) is 0 Å². The van der Waals surface area contributed by atoms with Crippen molar-refractivity contribution in [2.45, 2.75) is 26.2 Å². The number of nitrogens with zero attached hydrogens (tertiary/aromatic N) is 1. The average Bonchev–Trinajstić information content (AvgIpc) is 1.98. The van der Waals surface area contributed by atoms with Crippen LogP contribution in [0.1, 0.15) is 0 Å². The second-order valence-electron chi connectivity index (χ2n) is 6.49. The summed E-state index contributed by atoms with van der Waals surface area (Å²) >= 11 is 0. The van der Waals surface area contributed by atoms with Crippen LogP contribution in [-0.2, 0) is 4.12 Å². The Labute approximate surface area is 110 Å². The van der Waals surface area contributed by atoms with Crippen molar-refractivity contribution in [3.8, 4) is 0 Å². The third-order valence-electron chi connectivity index (χ3n) is 1.34. The lowest BCUT2D eigenvalue weighted by Crippen LogP contribution is -2.41. The average molecular weight is 278 g/mol. The van der Waals surface area contributed by atoms with Crippen LogP contribution in [0.4, 0.5) is 0 Å². The molecule has 0 aliphatic carbocycles. The lowest BCUT2D eigenvalue weighted by Gasteiger charge is -2.29. The van der Waals surface area contributed by atoms with E-state index in [1.54, 1.807) is 0 Å². The quantitative estimate of drug-likeness (QED) is 0.585. The first-order valence-corrected chi connectivity index (χ1v) is 11.6. The lowest BCUT2D eigenvalue weighted by molar-refractivity contribution is -0.849. The molecule has 0 amide bonds. The van der Waals surface area contributed by atoms with Crippen LogP contribution in [0.5, 0.6) is 0 Å². The molecule has 17 heavy (non-hydrogen) atoms. The normalized spacial score (nSPS) is 11.8. The highest BCUT2D eigenvalue weighted by molar-refractivity contribution is 6.90. The second kappa shape index (κ2) is 7.99. The van der Waals surface area contributed by atoms with Crippen molar-refractivity contribution in [3.63, 3.8) is 0 Å². The van der Waals surface area contributed by atoms with Gasteiger partial charge >= 0.3 is 0 Å². The van der Waals surface area contributed by atoms with Crippen LogP contribution in [0.25, 0.3) is 0 Å². The van der Waals surface area contributed by atoms with E-state index in [1.807, 2.05) is 11.4 Å². The lowest BCUT2D eigenvalue weighted by atomic mass is 10.8. The van der Waals surface area contributed by atoms with E-state index in [1.165, 1.54) is 0 Å². The topological polar surface area (TPSA) is 39.2 Å². The molecule has 0 unspecified atom stereocenters. The van der Waals surface area contributed by atoms with Crippen molar-refractivity contribution < 1.29 is 14.1 Å². The monoisotopic (exact) mass is 277 g/mol. The summed E-state index contributed by atoms with van der Waals surface area (Å²) in [5.41, 5.74) is 3.86. The van der Waals surface area contributed by atoms with Crippen LogP contribution in [0, 0.1) is 0 Å². The molecular weight excluding hydrogens is 246 g/mol. The molecule has 0 bridgehead atoms. The van der Waals surface area contributed by atoms with Crippen LogP contribution < -0.4 is 0 Å². The van der Waals surface area contributed by atoms with Gasteiger partial charge in [-0.2, -0.15) is 0 Å². The smallest absolute Gasteiger partial charge is 0.226 e. The van der Waals surface area contributed by atoms with E-state index in [4.69, 9.17) is 4.12 Å². The Balaban J connectivity index is -0.000000280. The van der Waals surface area contributed by atoms with Crippen molar-refractivity contribution in [1.82, 2.24) is 0 Å². The molecule has 3 nitrogen and oxygen atoms in total. The Morgan fingerprint density at radius 1 is 0.882 bits per heavy atom. The van der Waals surface area contributed by atoms with Gasteiger partial charge in [-0.25, -0.2) is 0 Å². The van der Waals surface area contributed by atoms with Crippen LogP contribution >= 0.6 is 0 Å². The van der Waals surface area contributed by atoms with E-state index in [-0.39, 0.29) is 5.48 Å². The molecule has 0 aliphatic rings. The minimum Gasteiger partial charge on any atom is -0.870 e. The number of quaternary nitrogens is 1. The van der Waals surface area contributed by atoms with Gasteiger partial charge in [0.05, 0.1) is 28.2 Å². The summed E-state index contributed by atoms with van der Waals surface area (Å²) in [6, 6.07) is 0. The van der Waals surface area contributed by atoms with Gasteiger partial charge in [-0.1, -0.05) is 11.4 Å². The maximum atomic E-state index is 5.97. The van der Waals surface area contributed by atoms with Gasteiger partial charge in [-0.3, -0.25) is 0 Å². The molecule has 0 aliphatic heterocycles. The SMILES string of the molecule is C=C[Si](C)(C=C)O[Si](C)(C)C.C[N+](C)(C)C.[OH-]. The summed E-state index contributed by atoms with van der Waals surface area (Å²) in [4.78, 5) is 0. The summed E-state index contributed by atoms with van der Waals surface area (Å²) in [6.07, 6.45) is 0. The van der Waals surface area contributed by atoms with E-state index in [2.05, 4.69) is 67.5 Å². The van der Waals surface area contributed by atoms with Crippen LogP contribution in [0.3, 0.4) is 0 Å². The third-order valence-corrected chi connectivity index (χ3v) is 7.17. The van der Waals surface area contributed by atoms with Crippen molar-refractivity contribution in [3.05, 3.63) is 24.6 Å². The first-order chi connectivity index (χ1) is 6.83. The molecule has 0 fully saturated rings. The minimum atomic E-state index is -1.74. The highest BCUT2D eigenvalue weighted by Crippen LogP contribution is 2.15. The van der Waals surface area contributed by atoms with Gasteiger partial charge in [0.15, 0.2) is 8.32 Å². The molecule has 0 heterocycles. The molecule has 0 atom stereocenters. The molecule has 0 spiro atoms. The van der Waals surface area contributed by atoms with Gasteiger partial charge in [0, 0.05) is 0 Å². The van der Waals surface area contributed by atoms with Crippen LogP contribution in [-0.4, -0.2) is 54.8 Å². The Kier molecular flexibility index (Phi) is 10.4. The third kappa shape index (κ3) is 21.6. The van der Waals surface area contributed by atoms with Crippen molar-refractivity contribution >= 4 is 16.6 Å². The summed E-state index contributed by atoms with van der Waals surface area (Å²) in [5, 5.41) is 0. The molecule has 0 aromatic carbocycles. The Hall–Kier alpha value is -0.206. The van der Waals surface area contributed by atoms with Crippen LogP contribution in [0.2, 0.25) is 26.2 Å². The molecule has 5 heteroatoms. The fourth-order valence-electron chi connectivity index (χ4n) is 0.826. The zero-order valence-corrected chi connectivity index (χ0v) is 14.9. The highest BCUT2D eigenvalue weighted by Gasteiger charge is 2.28. The highest BCUT2D eigenvalue weighted by atomic mass is 28.4. The van der Waals surface area contributed by atoms with Gasteiger partial charge in [-0.15, -0.1) is 13.2 Å². The van der Waals surface area contributed by atoms with Gasteiger partial charge in [0.1, 0.15) is 0 Å². The van der Waals surface area contributed by atoms with E-state index in [0.29, 0.717) is 0 Å². The molecule has 0 aromatic rings. The van der Waals surface area contributed by atoms with Crippen molar-refractivity contribution in [2.75, 3.05) is 28.2 Å². The van der Waals surface area contributed by atoms with Gasteiger partial charge in [-0.05, 0) is 26.2 Å². The summed E-state index contributed by atoms with van der Waals surface area (Å²) in [6.45, 7) is 16.2. The molecule has 0 saturated carbocycles. The summed E-state index contributed by atoms with van der Waals surface area (Å²) in [7, 11) is 5.34. The zero-order chi connectivity index (χ0) is 13.6. The van der Waals surface area contributed by atoms with E-state index < -0.39 is 16.6 Å². The van der Waals surface area contributed by atoms with E-state index >= 15 is 0 Å². The number of rotatable bonds is 4. The molecule has 0 aromatic heterocycles. The van der Waals surface area contributed by atoms with Crippen molar-refractivity contribution in [2.24, 2.45) is 0 Å². The van der Waals surface area contributed by atoms with Gasteiger partial charge < -0.3 is 14.1 Å². The minimum absolute atomic E-state index is 0. The van der Waals surface area contributed by atoms with Crippen LogP contribution in [0.15, 0.2) is 24.6 Å². The second-order valence-corrected chi connectivity index (χ2v) is 14.7. The largest absolute Gasteiger partial charge is 0.870 e. The Morgan fingerprint density at radius 3 is 1.18 bits per heavy atom. The fraction of sp³-hybridized carbons (Fsp3) is 0.667. The maximum absolute atomic E-state index is 5.97. The van der Waals surface area contributed by atoms with Crippen molar-refractivity contribution in [1.29, 1.82) is 0 Å². The zero-order valence-electron chi connectivity index (χ0n) is 12.9. The first kappa shape index (κ1) is 22.0. The summed E-state index contributed by atoms with van der Waals surface area (Å²) in [5.74, 6) is 0. The molecule has 0 rings (SSSR count). The number of hydrogen-bond donors (Lipinski definition) is 0. The molecule has 0 saturated heterocycles. The molecular formula is C12H31NO2Si2. The first-order valence-electron chi connectivity index (χ1n) is 5.59. The standard InChI is InChI=1S/C8H18OSi2.C4H12N.H2O/c1-7-11(6,8-2)9-10(3,4)5;1-5(2,3)4;/h7-8H,1-2H2,3-6H3;1-4H3;1H2/q;+1;/p-1. The fourth-order valence-corrected chi connectivity index (χ4v) is 6.94. The number of hydrogen-bond acceptors (Lipinski definition) is 2. The maximum Gasteiger partial charge on any atom is 0.226 e. The predicted octanol–water partition coefficient (Wildman–Crippen LogP) is 3.01. The molecule has 0 radical (unpaired) electrons. The van der Waals surface area contributed by atoms with Gasteiger partial charge in [0.2, 0.25) is 8.32 Å². The van der Waals surface area contributed by atoms with E-state index in [0.717, 1.165) is 4.48 Å². The molecule has 104 valence electrons. The molecule has 1 N–H and O–H groups in total. The Morgan fingerprint density at radius 2 is 1.12 bits per heavy atom. The summed E-state index contributed by atoms with van der Waals surface area (Å²) < 4.78 is 6.97. The van der Waals surface area contributed by atoms with Gasteiger partial charge in [0.25, 0.3) is 0 Å². The Bertz CT molecular complexity index is 216. The predicted molar refractivity (Wildman–Crippen MR) is 82.3 cm³/mol.